The molecule has 0 amide bonds. The van der Waals surface area contributed by atoms with Gasteiger partial charge in [0.05, 0.1) is 45.0 Å². The van der Waals surface area contributed by atoms with Crippen LogP contribution in [0.1, 0.15) is 11.1 Å². The van der Waals surface area contributed by atoms with E-state index in [0.717, 1.165) is 11.1 Å². The van der Waals surface area contributed by atoms with E-state index in [9.17, 15) is 8.42 Å². The number of H-pyrrole nitrogens is 1. The number of fused-ring (bicyclic) bond motifs is 1. The molecule has 0 unspecified atom stereocenters. The quantitative estimate of drug-likeness (QED) is 0.336. The number of aromatic nitrogens is 4. The summed E-state index contributed by atoms with van der Waals surface area (Å²) in [4.78, 5) is -0.129. The number of rotatable bonds is 9. The van der Waals surface area contributed by atoms with E-state index in [4.69, 9.17) is 19.9 Å². The maximum atomic E-state index is 13.3. The fourth-order valence-electron chi connectivity index (χ4n) is 3.55. The van der Waals surface area contributed by atoms with Crippen LogP contribution in [0.5, 0.6) is 17.2 Å². The predicted octanol–water partition coefficient (Wildman–Crippen LogP) is 2.09. The van der Waals surface area contributed by atoms with Gasteiger partial charge in [-0.15, -0.1) is 0 Å². The Bertz CT molecular complexity index is 1370. The lowest BCUT2D eigenvalue weighted by atomic mass is 10.1. The second-order valence-electron chi connectivity index (χ2n) is 7.14. The number of anilines is 1. The highest BCUT2D eigenvalue weighted by Gasteiger charge is 2.27. The highest BCUT2D eigenvalue weighted by Crippen LogP contribution is 2.37. The lowest BCUT2D eigenvalue weighted by Gasteiger charge is -2.14. The number of hydrogen-bond acceptors (Lipinski definition) is 8. The van der Waals surface area contributed by atoms with Gasteiger partial charge in [0.2, 0.25) is 0 Å². The van der Waals surface area contributed by atoms with Crippen molar-refractivity contribution in [3.05, 3.63) is 53.9 Å². The Labute approximate surface area is 190 Å². The molecule has 0 saturated heterocycles. The summed E-state index contributed by atoms with van der Waals surface area (Å²) in [7, 11) is 0.174. The van der Waals surface area contributed by atoms with Crippen molar-refractivity contribution in [1.29, 1.82) is 0 Å². The maximum absolute atomic E-state index is 13.3. The Morgan fingerprint density at radius 3 is 2.36 bits per heavy atom. The van der Waals surface area contributed by atoms with Crippen molar-refractivity contribution in [3.8, 4) is 17.2 Å². The van der Waals surface area contributed by atoms with E-state index in [0.29, 0.717) is 29.7 Å². The Morgan fingerprint density at radius 1 is 1.06 bits per heavy atom. The van der Waals surface area contributed by atoms with Crippen LogP contribution < -0.4 is 24.7 Å². The molecular weight excluding hydrogens is 448 g/mol. The van der Waals surface area contributed by atoms with Gasteiger partial charge in [-0.1, -0.05) is 6.07 Å². The van der Waals surface area contributed by atoms with Crippen LogP contribution in [-0.2, 0) is 23.1 Å². The zero-order chi connectivity index (χ0) is 23.6. The first kappa shape index (κ1) is 22.4. The van der Waals surface area contributed by atoms with Gasteiger partial charge in [0.25, 0.3) is 10.0 Å². The van der Waals surface area contributed by atoms with Crippen molar-refractivity contribution in [1.82, 2.24) is 20.0 Å². The van der Waals surface area contributed by atoms with Gasteiger partial charge in [0.15, 0.2) is 10.7 Å². The molecule has 0 atom stereocenters. The Balaban J connectivity index is 1.72. The third-order valence-corrected chi connectivity index (χ3v) is 6.46. The van der Waals surface area contributed by atoms with Gasteiger partial charge >= 0.3 is 0 Å². The molecule has 2 heterocycles. The molecule has 12 heteroatoms. The van der Waals surface area contributed by atoms with Crippen LogP contribution in [0.25, 0.3) is 10.9 Å². The molecule has 0 bridgehead atoms. The number of aromatic amines is 1. The highest BCUT2D eigenvalue weighted by atomic mass is 32.2. The van der Waals surface area contributed by atoms with Crippen LogP contribution in [0.15, 0.2) is 47.6 Å². The number of ether oxygens (including phenoxy) is 3. The van der Waals surface area contributed by atoms with Gasteiger partial charge in [-0.3, -0.25) is 14.5 Å². The number of nitrogens with one attached hydrogen (secondary N) is 2. The minimum absolute atomic E-state index is 0.0888. The zero-order valence-electron chi connectivity index (χ0n) is 18.3. The fraction of sp³-hybridized carbons (Fsp3) is 0.238. The smallest absolute Gasteiger partial charge is 0.270 e. The van der Waals surface area contributed by atoms with Crippen LogP contribution >= 0.6 is 0 Å². The molecular formula is C21H24N6O5S. The molecule has 2 aromatic carbocycles. The summed E-state index contributed by atoms with van der Waals surface area (Å²) in [5, 5.41) is 11.8. The van der Waals surface area contributed by atoms with Gasteiger partial charge in [0, 0.05) is 18.3 Å². The minimum Gasteiger partial charge on any atom is -0.496 e. The minimum atomic E-state index is -4.11. The van der Waals surface area contributed by atoms with E-state index in [1.807, 2.05) is 18.3 Å². The summed E-state index contributed by atoms with van der Waals surface area (Å²) in [5.41, 5.74) is 8.06. The molecule has 0 saturated carbocycles. The lowest BCUT2D eigenvalue weighted by molar-refractivity contribution is 0.373. The molecule has 0 spiro atoms. The van der Waals surface area contributed by atoms with Crippen molar-refractivity contribution in [2.75, 3.05) is 26.1 Å². The second kappa shape index (κ2) is 9.00. The van der Waals surface area contributed by atoms with Crippen LogP contribution in [-0.4, -0.2) is 49.7 Å². The largest absolute Gasteiger partial charge is 0.496 e. The standard InChI is InChI=1S/C21H24N6O5S/c1-30-16-5-4-6-17(31-2)20(16)33(28,29)26-21-19-15(24-25-21)7-13(8-18(19)32-3)11-27-12-14(9-22)10-23-27/h4-8,10,12H,9,11,22H2,1-3H3,(H2,24,25,26). The molecule has 4 N–H and O–H groups in total. The van der Waals surface area contributed by atoms with Gasteiger partial charge in [-0.2, -0.15) is 10.2 Å². The molecule has 4 aromatic rings. The van der Waals surface area contributed by atoms with Crippen molar-refractivity contribution >= 4 is 26.7 Å². The molecule has 0 aliphatic heterocycles. The molecule has 0 radical (unpaired) electrons. The summed E-state index contributed by atoms with van der Waals surface area (Å²) in [6, 6.07) is 8.39. The first-order valence-electron chi connectivity index (χ1n) is 9.90. The third-order valence-electron chi connectivity index (χ3n) is 5.06. The van der Waals surface area contributed by atoms with E-state index in [1.165, 1.54) is 33.5 Å². The molecule has 0 aliphatic rings. The number of methoxy groups -OCH3 is 3. The first-order chi connectivity index (χ1) is 15.9. The SMILES string of the molecule is COc1cccc(OC)c1S(=O)(=O)Nc1n[nH]c2cc(Cn3cc(CN)cn3)cc(OC)c12. The summed E-state index contributed by atoms with van der Waals surface area (Å²) < 4.78 is 46.8. The topological polar surface area (TPSA) is 146 Å². The van der Waals surface area contributed by atoms with E-state index in [-0.39, 0.29) is 22.2 Å². The molecule has 174 valence electrons. The van der Waals surface area contributed by atoms with Crippen molar-refractivity contribution in [2.24, 2.45) is 5.73 Å². The Morgan fingerprint density at radius 2 is 1.76 bits per heavy atom. The Hall–Kier alpha value is -3.77. The van der Waals surface area contributed by atoms with Gasteiger partial charge in [-0.05, 0) is 29.8 Å². The molecule has 0 fully saturated rings. The lowest BCUT2D eigenvalue weighted by Crippen LogP contribution is -2.16. The van der Waals surface area contributed by atoms with Gasteiger partial charge < -0.3 is 19.9 Å². The number of nitrogens with zero attached hydrogens (tertiary/aromatic N) is 3. The predicted molar refractivity (Wildman–Crippen MR) is 122 cm³/mol. The van der Waals surface area contributed by atoms with Crippen LogP contribution in [0.2, 0.25) is 0 Å². The Kier molecular flexibility index (Phi) is 6.11. The summed E-state index contributed by atoms with van der Waals surface area (Å²) in [6.07, 6.45) is 3.58. The fourth-order valence-corrected chi connectivity index (χ4v) is 4.89. The third kappa shape index (κ3) is 4.30. The molecule has 33 heavy (non-hydrogen) atoms. The summed E-state index contributed by atoms with van der Waals surface area (Å²) >= 11 is 0. The number of sulfonamides is 1. The van der Waals surface area contributed by atoms with Crippen LogP contribution in [0.4, 0.5) is 5.82 Å². The van der Waals surface area contributed by atoms with Gasteiger partial charge in [0.1, 0.15) is 17.2 Å². The van der Waals surface area contributed by atoms with E-state index >= 15 is 0 Å². The summed E-state index contributed by atoms with van der Waals surface area (Å²) in [5.74, 6) is 0.831. The normalized spacial score (nSPS) is 11.5. The monoisotopic (exact) mass is 472 g/mol. The molecule has 2 aromatic heterocycles. The van der Waals surface area contributed by atoms with Crippen molar-refractivity contribution in [3.63, 3.8) is 0 Å². The summed E-state index contributed by atoms with van der Waals surface area (Å²) in [6.45, 7) is 0.883. The molecule has 0 aliphatic carbocycles. The van der Waals surface area contributed by atoms with Crippen molar-refractivity contribution in [2.45, 2.75) is 18.0 Å². The maximum Gasteiger partial charge on any atom is 0.270 e. The number of nitrogens with two attached hydrogens (primary N) is 1. The number of hydrogen-bond donors (Lipinski definition) is 3. The molecule has 4 rings (SSSR count). The van der Waals surface area contributed by atoms with Gasteiger partial charge in [-0.25, -0.2) is 8.42 Å². The highest BCUT2D eigenvalue weighted by molar-refractivity contribution is 7.93. The second-order valence-corrected chi connectivity index (χ2v) is 8.76. The number of benzene rings is 2. The van der Waals surface area contributed by atoms with E-state index < -0.39 is 10.0 Å². The van der Waals surface area contributed by atoms with E-state index in [1.54, 1.807) is 16.9 Å². The van der Waals surface area contributed by atoms with Crippen molar-refractivity contribution < 1.29 is 22.6 Å². The molecule has 11 nitrogen and oxygen atoms in total. The average Bonchev–Trinajstić information content (AvgIpc) is 3.44. The zero-order valence-corrected chi connectivity index (χ0v) is 19.1. The average molecular weight is 473 g/mol. The van der Waals surface area contributed by atoms with E-state index in [2.05, 4.69) is 20.0 Å². The first-order valence-corrected chi connectivity index (χ1v) is 11.4. The van der Waals surface area contributed by atoms with Crippen LogP contribution in [0, 0.1) is 0 Å². The van der Waals surface area contributed by atoms with Crippen LogP contribution in [0.3, 0.4) is 0 Å².